The predicted octanol–water partition coefficient (Wildman–Crippen LogP) is -0.0997. The first-order chi connectivity index (χ1) is 8.77. The molecule has 0 fully saturated rings. The van der Waals surface area contributed by atoms with Crippen molar-refractivity contribution < 1.29 is 13.2 Å². The van der Waals surface area contributed by atoms with Crippen LogP contribution in [0.3, 0.4) is 0 Å². The summed E-state index contributed by atoms with van der Waals surface area (Å²) >= 11 is 0. The summed E-state index contributed by atoms with van der Waals surface area (Å²) in [6, 6.07) is 5.51. The van der Waals surface area contributed by atoms with Crippen molar-refractivity contribution in [3.63, 3.8) is 0 Å². The molecule has 1 aromatic rings. The molecule has 0 aromatic heterocycles. The predicted molar refractivity (Wildman–Crippen MR) is 72.8 cm³/mol. The second-order valence-corrected chi connectivity index (χ2v) is 6.14. The number of nitrogens with two attached hydrogens (primary N) is 1. The number of likely N-dealkylation sites (N-methyl/N-ethyl adjacent to an activating group) is 1. The quantitative estimate of drug-likeness (QED) is 0.790. The first kappa shape index (κ1) is 15.6. The second kappa shape index (κ2) is 6.14. The largest absolute Gasteiger partial charge is 0.347 e. The number of carbonyl (C=O) groups is 1. The summed E-state index contributed by atoms with van der Waals surface area (Å²) in [5.41, 5.74) is 6.19. The Balaban J connectivity index is 2.95. The van der Waals surface area contributed by atoms with Crippen LogP contribution in [-0.2, 0) is 21.4 Å². The van der Waals surface area contributed by atoms with Crippen LogP contribution in [0.25, 0.3) is 0 Å². The highest BCUT2D eigenvalue weighted by Gasteiger charge is 2.23. The lowest BCUT2D eigenvalue weighted by atomic mass is 10.2. The number of hydrogen-bond donors (Lipinski definition) is 2. The van der Waals surface area contributed by atoms with E-state index in [4.69, 9.17) is 5.73 Å². The number of nitrogens with zero attached hydrogens (tertiary/aromatic N) is 1. The standard InChI is InChI=1S/C12H19N3O3S/c1-9(12(16)15(2)3)14-19(17,18)11-6-4-5-10(7-11)8-13/h4-7,9,14H,8,13H2,1-3H3. The summed E-state index contributed by atoms with van der Waals surface area (Å²) < 4.78 is 26.6. The average Bonchev–Trinajstić information content (AvgIpc) is 2.37. The molecule has 0 saturated carbocycles. The molecule has 3 N–H and O–H groups in total. The van der Waals surface area contributed by atoms with Gasteiger partial charge in [0.25, 0.3) is 0 Å². The molecular weight excluding hydrogens is 266 g/mol. The Morgan fingerprint density at radius 2 is 2.05 bits per heavy atom. The maximum atomic E-state index is 12.1. The average molecular weight is 285 g/mol. The first-order valence-corrected chi connectivity index (χ1v) is 7.28. The second-order valence-electron chi connectivity index (χ2n) is 4.43. The van der Waals surface area contributed by atoms with E-state index in [2.05, 4.69) is 4.72 Å². The smallest absolute Gasteiger partial charge is 0.241 e. The first-order valence-electron chi connectivity index (χ1n) is 5.80. The van der Waals surface area contributed by atoms with Crippen molar-refractivity contribution in [2.75, 3.05) is 14.1 Å². The summed E-state index contributed by atoms with van der Waals surface area (Å²) in [7, 11) is -0.580. The maximum absolute atomic E-state index is 12.1. The van der Waals surface area contributed by atoms with E-state index in [0.717, 1.165) is 5.56 Å². The highest BCUT2D eigenvalue weighted by atomic mass is 32.2. The molecule has 0 spiro atoms. The maximum Gasteiger partial charge on any atom is 0.241 e. The van der Waals surface area contributed by atoms with Gasteiger partial charge in [0.1, 0.15) is 0 Å². The number of amides is 1. The molecular formula is C12H19N3O3S. The van der Waals surface area contributed by atoms with Crippen molar-refractivity contribution in [2.24, 2.45) is 5.73 Å². The molecule has 0 heterocycles. The van der Waals surface area contributed by atoms with Crippen LogP contribution in [0.2, 0.25) is 0 Å². The minimum absolute atomic E-state index is 0.105. The molecule has 0 saturated heterocycles. The van der Waals surface area contributed by atoms with Gasteiger partial charge in [-0.2, -0.15) is 4.72 Å². The normalized spacial score (nSPS) is 13.1. The zero-order valence-electron chi connectivity index (χ0n) is 11.3. The number of sulfonamides is 1. The Kier molecular flexibility index (Phi) is 5.04. The number of benzene rings is 1. The van der Waals surface area contributed by atoms with E-state index in [-0.39, 0.29) is 17.3 Å². The van der Waals surface area contributed by atoms with E-state index in [1.807, 2.05) is 0 Å². The summed E-state index contributed by atoms with van der Waals surface area (Å²) in [6.07, 6.45) is 0. The van der Waals surface area contributed by atoms with Gasteiger partial charge in [-0.05, 0) is 24.6 Å². The van der Waals surface area contributed by atoms with E-state index in [9.17, 15) is 13.2 Å². The number of rotatable bonds is 5. The van der Waals surface area contributed by atoms with E-state index >= 15 is 0 Å². The van der Waals surface area contributed by atoms with Gasteiger partial charge >= 0.3 is 0 Å². The monoisotopic (exact) mass is 285 g/mol. The Morgan fingerprint density at radius 1 is 1.42 bits per heavy atom. The number of carbonyl (C=O) groups excluding carboxylic acids is 1. The van der Waals surface area contributed by atoms with Gasteiger partial charge in [-0.3, -0.25) is 4.79 Å². The van der Waals surface area contributed by atoms with Gasteiger partial charge in [0.15, 0.2) is 0 Å². The molecule has 0 aliphatic rings. The fraction of sp³-hybridized carbons (Fsp3) is 0.417. The van der Waals surface area contributed by atoms with Gasteiger partial charge < -0.3 is 10.6 Å². The molecule has 7 heteroatoms. The molecule has 1 rings (SSSR count). The van der Waals surface area contributed by atoms with Crippen molar-refractivity contribution in [1.82, 2.24) is 9.62 Å². The van der Waals surface area contributed by atoms with E-state index in [1.54, 1.807) is 26.2 Å². The van der Waals surface area contributed by atoms with Crippen molar-refractivity contribution >= 4 is 15.9 Å². The van der Waals surface area contributed by atoms with Crippen molar-refractivity contribution in [3.8, 4) is 0 Å². The molecule has 1 unspecified atom stereocenters. The van der Waals surface area contributed by atoms with Crippen LogP contribution in [0.4, 0.5) is 0 Å². The third-order valence-electron chi connectivity index (χ3n) is 2.59. The van der Waals surface area contributed by atoms with Gasteiger partial charge in [-0.15, -0.1) is 0 Å². The zero-order valence-corrected chi connectivity index (χ0v) is 12.1. The van der Waals surface area contributed by atoms with Crippen molar-refractivity contribution in [1.29, 1.82) is 0 Å². The number of nitrogens with one attached hydrogen (secondary N) is 1. The molecule has 0 aliphatic heterocycles. The van der Waals surface area contributed by atoms with Gasteiger partial charge in [0, 0.05) is 20.6 Å². The van der Waals surface area contributed by atoms with Gasteiger partial charge in [0.05, 0.1) is 10.9 Å². The Morgan fingerprint density at radius 3 is 2.58 bits per heavy atom. The summed E-state index contributed by atoms with van der Waals surface area (Å²) in [4.78, 5) is 13.1. The van der Waals surface area contributed by atoms with Crippen molar-refractivity contribution in [3.05, 3.63) is 29.8 Å². The van der Waals surface area contributed by atoms with Crippen LogP contribution < -0.4 is 10.5 Å². The van der Waals surface area contributed by atoms with E-state index in [1.165, 1.54) is 24.0 Å². The number of hydrogen-bond acceptors (Lipinski definition) is 4. The Hall–Kier alpha value is -1.44. The molecule has 0 aliphatic carbocycles. The Bertz CT molecular complexity index is 555. The molecule has 106 valence electrons. The molecule has 1 aromatic carbocycles. The third-order valence-corrected chi connectivity index (χ3v) is 4.13. The lowest BCUT2D eigenvalue weighted by molar-refractivity contribution is -0.130. The van der Waals surface area contributed by atoms with Gasteiger partial charge in [0.2, 0.25) is 15.9 Å². The minimum atomic E-state index is -3.72. The molecule has 6 nitrogen and oxygen atoms in total. The summed E-state index contributed by atoms with van der Waals surface area (Å²) in [6.45, 7) is 1.77. The fourth-order valence-corrected chi connectivity index (χ4v) is 2.84. The molecule has 19 heavy (non-hydrogen) atoms. The lowest BCUT2D eigenvalue weighted by Crippen LogP contribution is -2.44. The van der Waals surface area contributed by atoms with E-state index in [0.29, 0.717) is 0 Å². The third kappa shape index (κ3) is 4.02. The van der Waals surface area contributed by atoms with Crippen LogP contribution in [0.15, 0.2) is 29.2 Å². The van der Waals surface area contributed by atoms with Crippen LogP contribution in [0, 0.1) is 0 Å². The van der Waals surface area contributed by atoms with Gasteiger partial charge in [-0.1, -0.05) is 12.1 Å². The molecule has 1 atom stereocenters. The van der Waals surface area contributed by atoms with Crippen LogP contribution in [-0.4, -0.2) is 39.4 Å². The van der Waals surface area contributed by atoms with Gasteiger partial charge in [-0.25, -0.2) is 8.42 Å². The molecule has 0 bridgehead atoms. The summed E-state index contributed by atoms with van der Waals surface area (Å²) in [5.74, 6) is -0.307. The summed E-state index contributed by atoms with van der Waals surface area (Å²) in [5, 5.41) is 0. The minimum Gasteiger partial charge on any atom is -0.347 e. The lowest BCUT2D eigenvalue weighted by Gasteiger charge is -2.18. The highest BCUT2D eigenvalue weighted by Crippen LogP contribution is 2.12. The van der Waals surface area contributed by atoms with Crippen LogP contribution >= 0.6 is 0 Å². The van der Waals surface area contributed by atoms with Crippen LogP contribution in [0.1, 0.15) is 12.5 Å². The SMILES string of the molecule is CC(NS(=O)(=O)c1cccc(CN)c1)C(=O)N(C)C. The Labute approximate surface area is 113 Å². The molecule has 0 radical (unpaired) electrons. The van der Waals surface area contributed by atoms with Crippen LogP contribution in [0.5, 0.6) is 0 Å². The zero-order chi connectivity index (χ0) is 14.6. The van der Waals surface area contributed by atoms with Crippen molar-refractivity contribution in [2.45, 2.75) is 24.4 Å². The fourth-order valence-electron chi connectivity index (χ4n) is 1.58. The van der Waals surface area contributed by atoms with E-state index < -0.39 is 16.1 Å². The topological polar surface area (TPSA) is 92.5 Å². The highest BCUT2D eigenvalue weighted by molar-refractivity contribution is 7.89. The molecule has 1 amide bonds.